The minimum absolute atomic E-state index is 0.0351. The lowest BCUT2D eigenvalue weighted by Gasteiger charge is -2.34. The Morgan fingerprint density at radius 3 is 1.85 bits per heavy atom. The average molecular weight is 665 g/mol. The Morgan fingerprint density at radius 2 is 1.35 bits per heavy atom. The smallest absolute Gasteiger partial charge is 0.416 e. The van der Waals surface area contributed by atoms with E-state index in [1.165, 1.54) is 30.0 Å². The maximum absolute atomic E-state index is 14.3. The largest absolute Gasteiger partial charge is 0.465 e. The molecule has 16 heteroatoms. The molecule has 0 unspecified atom stereocenters. The van der Waals surface area contributed by atoms with Gasteiger partial charge in [0.05, 0.1) is 17.2 Å². The number of carbonyl (C=O) groups is 3. The number of alkyl halides is 6. The van der Waals surface area contributed by atoms with Crippen molar-refractivity contribution >= 4 is 23.7 Å². The van der Waals surface area contributed by atoms with Gasteiger partial charge in [-0.05, 0) is 61.6 Å². The van der Waals surface area contributed by atoms with E-state index in [2.05, 4.69) is 0 Å². The van der Waals surface area contributed by atoms with E-state index in [1.807, 2.05) is 0 Å². The molecule has 1 heterocycles. The third-order valence-corrected chi connectivity index (χ3v) is 8.91. The van der Waals surface area contributed by atoms with Crippen LogP contribution in [0.5, 0.6) is 0 Å². The minimum Gasteiger partial charge on any atom is -0.465 e. The molecule has 2 fully saturated rings. The fraction of sp³-hybridized carbons (Fsp3) is 0.500. The first-order valence-electron chi connectivity index (χ1n) is 14.3. The van der Waals surface area contributed by atoms with Crippen LogP contribution in [0.4, 0.5) is 50.4 Å². The summed E-state index contributed by atoms with van der Waals surface area (Å²) in [5.41, 5.74) is -3.67. The number of hydrogen-bond donors (Lipinski definition) is 1. The van der Waals surface area contributed by atoms with E-state index >= 15 is 0 Å². The number of benzene rings is 2. The van der Waals surface area contributed by atoms with E-state index in [-0.39, 0.29) is 36.7 Å². The van der Waals surface area contributed by atoms with Crippen LogP contribution in [0.1, 0.15) is 48.3 Å². The van der Waals surface area contributed by atoms with Crippen molar-refractivity contribution in [3.63, 3.8) is 0 Å². The van der Waals surface area contributed by atoms with Gasteiger partial charge >= 0.3 is 24.5 Å². The third kappa shape index (κ3) is 7.30. The molecular weight excluding hydrogens is 632 g/mol. The van der Waals surface area contributed by atoms with Crippen LogP contribution >= 0.6 is 0 Å². The van der Waals surface area contributed by atoms with Crippen LogP contribution < -0.4 is 4.90 Å². The van der Waals surface area contributed by atoms with Gasteiger partial charge < -0.3 is 19.8 Å². The molecule has 46 heavy (non-hydrogen) atoms. The van der Waals surface area contributed by atoms with Crippen LogP contribution in [0.15, 0.2) is 36.4 Å². The van der Waals surface area contributed by atoms with Gasteiger partial charge in [-0.2, -0.15) is 26.3 Å². The van der Waals surface area contributed by atoms with Crippen LogP contribution in [-0.4, -0.2) is 84.2 Å². The molecule has 4 amide bonds. The number of halogens is 8. The fourth-order valence-electron chi connectivity index (χ4n) is 6.18. The zero-order valence-electron chi connectivity index (χ0n) is 25.0. The Balaban J connectivity index is 1.61. The van der Waals surface area contributed by atoms with Crippen molar-refractivity contribution in [2.45, 2.75) is 56.0 Å². The highest BCUT2D eigenvalue weighted by Gasteiger charge is 2.44. The Bertz CT molecular complexity index is 1440. The molecule has 8 nitrogen and oxygen atoms in total. The summed E-state index contributed by atoms with van der Waals surface area (Å²) in [5.74, 6) is -3.88. The molecule has 2 aromatic carbocycles. The molecular formula is C30H32F8N4O4. The van der Waals surface area contributed by atoms with Gasteiger partial charge in [0.1, 0.15) is 0 Å². The van der Waals surface area contributed by atoms with Gasteiger partial charge in [0, 0.05) is 57.8 Å². The van der Waals surface area contributed by atoms with Gasteiger partial charge in [0.2, 0.25) is 5.91 Å². The van der Waals surface area contributed by atoms with Gasteiger partial charge in [0.15, 0.2) is 11.6 Å². The molecule has 2 atom stereocenters. The number of nitrogens with zero attached hydrogens (tertiary/aromatic N) is 4. The van der Waals surface area contributed by atoms with Crippen molar-refractivity contribution in [1.29, 1.82) is 0 Å². The number of hydrogen-bond acceptors (Lipinski definition) is 3. The second kappa shape index (κ2) is 12.9. The normalized spacial score (nSPS) is 22.0. The summed E-state index contributed by atoms with van der Waals surface area (Å²) >= 11 is 0. The van der Waals surface area contributed by atoms with Crippen molar-refractivity contribution in [2.24, 2.45) is 5.92 Å². The molecule has 0 aromatic heterocycles. The number of anilines is 1. The predicted octanol–water partition coefficient (Wildman–Crippen LogP) is 6.65. The maximum Gasteiger partial charge on any atom is 0.416 e. The maximum atomic E-state index is 14.3. The molecule has 1 N–H and O–H groups in total. The lowest BCUT2D eigenvalue weighted by Crippen LogP contribution is -2.48. The van der Waals surface area contributed by atoms with E-state index in [0.29, 0.717) is 42.7 Å². The monoisotopic (exact) mass is 664 g/mol. The van der Waals surface area contributed by atoms with Crippen molar-refractivity contribution in [3.05, 3.63) is 64.7 Å². The summed E-state index contributed by atoms with van der Waals surface area (Å²) in [6.07, 6.45) is -9.74. The Morgan fingerprint density at radius 1 is 0.783 bits per heavy atom. The lowest BCUT2D eigenvalue weighted by molar-refractivity contribution is -0.143. The average Bonchev–Trinajstić information content (AvgIpc) is 3.45. The Labute approximate surface area is 259 Å². The predicted molar refractivity (Wildman–Crippen MR) is 149 cm³/mol. The number of likely N-dealkylation sites (tertiary alicyclic amines) is 1. The SMILES string of the molecule is CN(C(=O)N(C)[C@@H]1CN(C(=O)[C@H]2CC[C@H](N(C)C(=O)O)CC2)C[C@H]1c1ccc(F)c(F)c1)c1cc(C(F)(F)F)cc(C(F)(F)F)c1. The van der Waals surface area contributed by atoms with E-state index < -0.39 is 70.8 Å². The summed E-state index contributed by atoms with van der Waals surface area (Å²) in [6, 6.07) is 1.64. The molecule has 0 spiro atoms. The number of amides is 4. The van der Waals surface area contributed by atoms with Crippen molar-refractivity contribution in [2.75, 3.05) is 39.1 Å². The number of rotatable bonds is 5. The molecule has 1 saturated heterocycles. The van der Waals surface area contributed by atoms with Gasteiger partial charge in [-0.3, -0.25) is 9.69 Å². The second-order valence-corrected chi connectivity index (χ2v) is 11.7. The Kier molecular flexibility index (Phi) is 9.78. The van der Waals surface area contributed by atoms with Crippen LogP contribution in [0, 0.1) is 17.6 Å². The van der Waals surface area contributed by atoms with Crippen LogP contribution in [0.25, 0.3) is 0 Å². The van der Waals surface area contributed by atoms with Gasteiger partial charge in [-0.25, -0.2) is 18.4 Å². The van der Waals surface area contributed by atoms with E-state index in [4.69, 9.17) is 0 Å². The highest BCUT2D eigenvalue weighted by Crippen LogP contribution is 2.39. The van der Waals surface area contributed by atoms with E-state index in [9.17, 15) is 54.6 Å². The molecule has 252 valence electrons. The molecule has 1 aliphatic heterocycles. The van der Waals surface area contributed by atoms with Crippen molar-refractivity contribution in [3.8, 4) is 0 Å². The van der Waals surface area contributed by atoms with Gasteiger partial charge in [-0.1, -0.05) is 6.07 Å². The summed E-state index contributed by atoms with van der Waals surface area (Å²) in [6.45, 7) is -0.142. The summed E-state index contributed by atoms with van der Waals surface area (Å²) in [7, 11) is 3.71. The first kappa shape index (κ1) is 34.8. The molecule has 4 rings (SSSR count). The van der Waals surface area contributed by atoms with Crippen molar-refractivity contribution in [1.82, 2.24) is 14.7 Å². The lowest BCUT2D eigenvalue weighted by atomic mass is 9.84. The van der Waals surface area contributed by atoms with Crippen LogP contribution in [-0.2, 0) is 17.1 Å². The summed E-state index contributed by atoms with van der Waals surface area (Å²) in [4.78, 5) is 42.8. The topological polar surface area (TPSA) is 84.4 Å². The molecule has 0 radical (unpaired) electrons. The molecule has 0 bridgehead atoms. The summed E-state index contributed by atoms with van der Waals surface area (Å²) in [5, 5.41) is 9.26. The zero-order chi connectivity index (χ0) is 34.3. The Hall–Kier alpha value is -4.11. The first-order valence-corrected chi connectivity index (χ1v) is 14.3. The number of likely N-dealkylation sites (N-methyl/N-ethyl adjacent to an activating group) is 1. The standard InChI is InChI=1S/C30H32F8N4O4/c1-39(21-12-18(29(33,34)35)11-19(13-21)30(36,37)38)27(44)41(3)25-15-42(14-22(25)17-6-9-23(31)24(32)10-17)26(43)16-4-7-20(8-5-16)40(2)28(45)46/h6,9-13,16,20,22,25H,4-5,7-8,14-15H2,1-3H3,(H,45,46)/t16-,20-,22-,25+/m0/s1. The minimum atomic E-state index is -5.14. The zero-order valence-corrected chi connectivity index (χ0v) is 25.0. The fourth-order valence-corrected chi connectivity index (χ4v) is 6.18. The quantitative estimate of drug-likeness (QED) is 0.363. The summed E-state index contributed by atoms with van der Waals surface area (Å²) < 4.78 is 109. The van der Waals surface area contributed by atoms with Gasteiger partial charge in [0.25, 0.3) is 0 Å². The van der Waals surface area contributed by atoms with Crippen molar-refractivity contribution < 1.29 is 54.6 Å². The van der Waals surface area contributed by atoms with Crippen LogP contribution in [0.2, 0.25) is 0 Å². The second-order valence-electron chi connectivity index (χ2n) is 11.7. The number of carbonyl (C=O) groups excluding carboxylic acids is 2. The number of carboxylic acid groups (broad SMARTS) is 1. The first-order chi connectivity index (χ1) is 21.3. The van der Waals surface area contributed by atoms with Gasteiger partial charge in [-0.15, -0.1) is 0 Å². The third-order valence-electron chi connectivity index (χ3n) is 8.91. The van der Waals surface area contributed by atoms with E-state index in [0.717, 1.165) is 24.1 Å². The molecule has 1 saturated carbocycles. The highest BCUT2D eigenvalue weighted by atomic mass is 19.4. The van der Waals surface area contributed by atoms with Crippen LogP contribution in [0.3, 0.4) is 0 Å². The molecule has 2 aliphatic rings. The number of urea groups is 1. The molecule has 1 aliphatic carbocycles. The molecule has 2 aromatic rings. The highest BCUT2D eigenvalue weighted by molar-refractivity contribution is 5.92. The van der Waals surface area contributed by atoms with E-state index in [1.54, 1.807) is 0 Å².